The first-order chi connectivity index (χ1) is 9.58. The zero-order chi connectivity index (χ0) is 14.3. The Hall–Kier alpha value is -1.10. The Balaban J connectivity index is 1.53. The zero-order valence-electron chi connectivity index (χ0n) is 12.3. The minimum atomic E-state index is 0.0213. The van der Waals surface area contributed by atoms with Crippen LogP contribution in [0.4, 0.5) is 0 Å². The molecule has 5 heteroatoms. The Bertz CT molecular complexity index is 410. The number of likely N-dealkylation sites (tertiary alicyclic amines) is 1. The van der Waals surface area contributed by atoms with Crippen LogP contribution in [0.25, 0.3) is 0 Å². The van der Waals surface area contributed by atoms with Crippen LogP contribution in [0.5, 0.6) is 0 Å². The fourth-order valence-corrected chi connectivity index (χ4v) is 4.28. The van der Waals surface area contributed by atoms with Gasteiger partial charge in [0, 0.05) is 39.1 Å². The van der Waals surface area contributed by atoms with Crippen LogP contribution in [0.2, 0.25) is 0 Å². The molecule has 1 heterocycles. The Kier molecular flexibility index (Phi) is 3.71. The largest absolute Gasteiger partial charge is 0.344 e. The summed E-state index contributed by atoms with van der Waals surface area (Å²) in [6.07, 6.45) is 5.10. The van der Waals surface area contributed by atoms with Crippen LogP contribution in [0.1, 0.15) is 32.1 Å². The van der Waals surface area contributed by atoms with Crippen molar-refractivity contribution in [3.05, 3.63) is 0 Å². The van der Waals surface area contributed by atoms with Gasteiger partial charge in [0.05, 0.1) is 5.92 Å². The summed E-state index contributed by atoms with van der Waals surface area (Å²) >= 11 is 0. The lowest BCUT2D eigenvalue weighted by atomic mass is 9.84. The second kappa shape index (κ2) is 5.35. The van der Waals surface area contributed by atoms with Crippen LogP contribution >= 0.6 is 0 Å². The Morgan fingerprint density at radius 3 is 2.75 bits per heavy atom. The fourth-order valence-electron chi connectivity index (χ4n) is 4.28. The molecule has 20 heavy (non-hydrogen) atoms. The third-order valence-corrected chi connectivity index (χ3v) is 5.52. The van der Waals surface area contributed by atoms with E-state index < -0.39 is 0 Å². The molecule has 112 valence electrons. The van der Waals surface area contributed by atoms with Gasteiger partial charge in [0.15, 0.2) is 0 Å². The van der Waals surface area contributed by atoms with Crippen molar-refractivity contribution in [1.82, 2.24) is 9.80 Å². The van der Waals surface area contributed by atoms with Crippen molar-refractivity contribution < 1.29 is 9.59 Å². The van der Waals surface area contributed by atoms with E-state index in [1.165, 1.54) is 6.42 Å². The number of likely N-dealkylation sites (N-methyl/N-ethyl adjacent to an activating group) is 1. The van der Waals surface area contributed by atoms with Gasteiger partial charge in [0.25, 0.3) is 0 Å². The van der Waals surface area contributed by atoms with Gasteiger partial charge in [-0.3, -0.25) is 9.59 Å². The zero-order valence-corrected chi connectivity index (χ0v) is 12.3. The minimum absolute atomic E-state index is 0.0213. The highest BCUT2D eigenvalue weighted by Crippen LogP contribution is 2.48. The predicted octanol–water partition coefficient (Wildman–Crippen LogP) is 0.441. The molecule has 0 aromatic rings. The summed E-state index contributed by atoms with van der Waals surface area (Å²) in [6, 6.07) is 0.0529. The Morgan fingerprint density at radius 1 is 1.40 bits per heavy atom. The number of fused-ring (bicyclic) bond motifs is 2. The van der Waals surface area contributed by atoms with E-state index in [4.69, 9.17) is 5.73 Å². The average molecular weight is 279 g/mol. The quantitative estimate of drug-likeness (QED) is 0.812. The van der Waals surface area contributed by atoms with Gasteiger partial charge in [-0.05, 0) is 37.5 Å². The predicted molar refractivity (Wildman–Crippen MR) is 75.7 cm³/mol. The molecule has 0 unspecified atom stereocenters. The third kappa shape index (κ3) is 2.32. The van der Waals surface area contributed by atoms with Crippen molar-refractivity contribution >= 4 is 11.8 Å². The van der Waals surface area contributed by atoms with Gasteiger partial charge < -0.3 is 15.5 Å². The number of hydrogen-bond donors (Lipinski definition) is 1. The highest BCUT2D eigenvalue weighted by Gasteiger charge is 2.49. The molecule has 1 saturated heterocycles. The number of nitrogens with two attached hydrogens (primary N) is 1. The van der Waals surface area contributed by atoms with E-state index in [0.29, 0.717) is 31.3 Å². The topological polar surface area (TPSA) is 66.6 Å². The monoisotopic (exact) mass is 279 g/mol. The summed E-state index contributed by atoms with van der Waals surface area (Å²) in [5.41, 5.74) is 6.23. The molecule has 2 aliphatic carbocycles. The average Bonchev–Trinajstić information content (AvgIpc) is 3.11. The van der Waals surface area contributed by atoms with Gasteiger partial charge >= 0.3 is 0 Å². The van der Waals surface area contributed by atoms with E-state index in [9.17, 15) is 9.59 Å². The van der Waals surface area contributed by atoms with E-state index in [2.05, 4.69) is 0 Å². The van der Waals surface area contributed by atoms with Crippen LogP contribution in [-0.4, -0.2) is 54.3 Å². The molecular formula is C15H25N3O2. The second-order valence-electron chi connectivity index (χ2n) is 6.68. The molecule has 3 aliphatic rings. The number of nitrogens with zero attached hydrogens (tertiary/aromatic N) is 2. The number of amides is 2. The number of rotatable bonds is 4. The summed E-state index contributed by atoms with van der Waals surface area (Å²) in [5, 5.41) is 0. The van der Waals surface area contributed by atoms with Crippen molar-refractivity contribution in [3.8, 4) is 0 Å². The van der Waals surface area contributed by atoms with Crippen LogP contribution in [0, 0.1) is 17.8 Å². The third-order valence-electron chi connectivity index (χ3n) is 5.52. The van der Waals surface area contributed by atoms with Crippen molar-refractivity contribution in [2.75, 3.05) is 26.7 Å². The smallest absolute Gasteiger partial charge is 0.227 e. The summed E-state index contributed by atoms with van der Waals surface area (Å²) in [5.74, 6) is 1.49. The first kappa shape index (κ1) is 13.9. The van der Waals surface area contributed by atoms with Gasteiger partial charge in [0.1, 0.15) is 0 Å². The number of carbonyl (C=O) groups excluding carboxylic acids is 2. The number of carbonyl (C=O) groups is 2. The van der Waals surface area contributed by atoms with Gasteiger partial charge in [-0.1, -0.05) is 0 Å². The van der Waals surface area contributed by atoms with Gasteiger partial charge in [-0.25, -0.2) is 0 Å². The number of hydrogen-bond acceptors (Lipinski definition) is 3. The first-order valence-corrected chi connectivity index (χ1v) is 7.86. The lowest BCUT2D eigenvalue weighted by Crippen LogP contribution is -2.47. The molecule has 3 rings (SSSR count). The van der Waals surface area contributed by atoms with Crippen LogP contribution in [0.15, 0.2) is 0 Å². The van der Waals surface area contributed by atoms with E-state index in [0.717, 1.165) is 25.8 Å². The molecule has 1 aliphatic heterocycles. The van der Waals surface area contributed by atoms with Crippen LogP contribution in [-0.2, 0) is 9.59 Å². The van der Waals surface area contributed by atoms with Crippen molar-refractivity contribution in [2.45, 2.75) is 38.1 Å². The maximum atomic E-state index is 12.6. The Labute approximate surface area is 120 Å². The molecule has 4 atom stereocenters. The van der Waals surface area contributed by atoms with Crippen LogP contribution < -0.4 is 5.73 Å². The van der Waals surface area contributed by atoms with Gasteiger partial charge in [0.2, 0.25) is 11.8 Å². The minimum Gasteiger partial charge on any atom is -0.344 e. The molecule has 0 radical (unpaired) electrons. The fraction of sp³-hybridized carbons (Fsp3) is 0.867. The molecule has 2 bridgehead atoms. The van der Waals surface area contributed by atoms with E-state index in [1.807, 2.05) is 11.9 Å². The van der Waals surface area contributed by atoms with Gasteiger partial charge in [-0.2, -0.15) is 0 Å². The van der Waals surface area contributed by atoms with Crippen LogP contribution in [0.3, 0.4) is 0 Å². The highest BCUT2D eigenvalue weighted by atomic mass is 16.2. The molecule has 5 nitrogen and oxygen atoms in total. The normalized spacial score (nSPS) is 35.9. The standard InChI is InChI=1S/C15H25N3O2/c1-17(7-8-18-6-2-3-12(18)19)15(20)13-10-4-5-11(9-10)14(13)16/h10-11,13-14H,2-9,16H2,1H3/t10-,11-,13-,14+/m0/s1. The summed E-state index contributed by atoms with van der Waals surface area (Å²) < 4.78 is 0. The van der Waals surface area contributed by atoms with E-state index in [1.54, 1.807) is 4.90 Å². The molecule has 0 spiro atoms. The van der Waals surface area contributed by atoms with E-state index >= 15 is 0 Å². The molecule has 2 amide bonds. The van der Waals surface area contributed by atoms with Crippen molar-refractivity contribution in [1.29, 1.82) is 0 Å². The summed E-state index contributed by atoms with van der Waals surface area (Å²) in [6.45, 7) is 2.14. The molecule has 3 fully saturated rings. The SMILES string of the molecule is CN(CCN1CCCC1=O)C(=O)[C@H]1[C@H]2CC[C@@H](C2)[C@H]1N. The Morgan fingerprint density at radius 2 is 2.15 bits per heavy atom. The molecule has 0 aromatic carbocycles. The lowest BCUT2D eigenvalue weighted by molar-refractivity contribution is -0.137. The van der Waals surface area contributed by atoms with Crippen molar-refractivity contribution in [3.63, 3.8) is 0 Å². The van der Waals surface area contributed by atoms with Crippen molar-refractivity contribution in [2.24, 2.45) is 23.5 Å². The molecule has 0 aromatic heterocycles. The summed E-state index contributed by atoms with van der Waals surface area (Å²) in [4.78, 5) is 27.8. The molecular weight excluding hydrogens is 254 g/mol. The maximum absolute atomic E-state index is 12.6. The molecule has 2 N–H and O–H groups in total. The lowest BCUT2D eigenvalue weighted by Gasteiger charge is -2.31. The summed E-state index contributed by atoms with van der Waals surface area (Å²) in [7, 11) is 1.85. The van der Waals surface area contributed by atoms with Gasteiger partial charge in [-0.15, -0.1) is 0 Å². The van der Waals surface area contributed by atoms with E-state index in [-0.39, 0.29) is 23.8 Å². The first-order valence-electron chi connectivity index (χ1n) is 7.86. The molecule has 2 saturated carbocycles. The highest BCUT2D eigenvalue weighted by molar-refractivity contribution is 5.81. The second-order valence-corrected chi connectivity index (χ2v) is 6.68. The maximum Gasteiger partial charge on any atom is 0.227 e.